The molecule has 9 heteroatoms. The zero-order chi connectivity index (χ0) is 23.1. The summed E-state index contributed by atoms with van der Waals surface area (Å²) < 4.78 is 51.6. The zero-order valence-electron chi connectivity index (χ0n) is 17.6. The molecule has 0 aromatic heterocycles. The molecule has 0 heterocycles. The number of halogens is 1. The van der Waals surface area contributed by atoms with E-state index in [2.05, 4.69) is 5.32 Å². The van der Waals surface area contributed by atoms with Gasteiger partial charge in [-0.3, -0.25) is 9.10 Å². The first-order valence-electron chi connectivity index (χ1n) is 9.66. The van der Waals surface area contributed by atoms with E-state index in [-0.39, 0.29) is 22.9 Å². The summed E-state index contributed by atoms with van der Waals surface area (Å²) in [5.74, 6) is -0.223. The topological polar surface area (TPSA) is 84.9 Å². The van der Waals surface area contributed by atoms with Crippen molar-refractivity contribution in [3.63, 3.8) is 0 Å². The smallest absolute Gasteiger partial charge is 0.264 e. The van der Waals surface area contributed by atoms with Crippen LogP contribution in [0.5, 0.6) is 11.5 Å². The maximum Gasteiger partial charge on any atom is 0.264 e. The molecular formula is C23H23FN2O5S. The van der Waals surface area contributed by atoms with Gasteiger partial charge < -0.3 is 14.8 Å². The van der Waals surface area contributed by atoms with Crippen molar-refractivity contribution in [1.82, 2.24) is 5.32 Å². The normalized spacial score (nSPS) is 11.0. The van der Waals surface area contributed by atoms with E-state index in [1.807, 2.05) is 12.1 Å². The van der Waals surface area contributed by atoms with Crippen molar-refractivity contribution >= 4 is 21.6 Å². The van der Waals surface area contributed by atoms with E-state index in [1.54, 1.807) is 30.3 Å². The van der Waals surface area contributed by atoms with Gasteiger partial charge in [-0.25, -0.2) is 12.8 Å². The van der Waals surface area contributed by atoms with E-state index < -0.39 is 28.3 Å². The molecule has 0 aliphatic rings. The van der Waals surface area contributed by atoms with Crippen LogP contribution in [0.2, 0.25) is 0 Å². The Kier molecular flexibility index (Phi) is 7.32. The van der Waals surface area contributed by atoms with Gasteiger partial charge in [-0.15, -0.1) is 0 Å². The fraction of sp³-hybridized carbons (Fsp3) is 0.174. The second kappa shape index (κ2) is 10.1. The number of amides is 1. The quantitative estimate of drug-likeness (QED) is 0.532. The fourth-order valence-corrected chi connectivity index (χ4v) is 4.53. The van der Waals surface area contributed by atoms with Crippen LogP contribution in [-0.4, -0.2) is 35.1 Å². The van der Waals surface area contributed by atoms with Crippen molar-refractivity contribution in [2.45, 2.75) is 11.4 Å². The van der Waals surface area contributed by atoms with Crippen molar-refractivity contribution in [2.75, 3.05) is 25.1 Å². The molecule has 168 valence electrons. The number of rotatable bonds is 9. The number of methoxy groups -OCH3 is 2. The number of para-hydroxylation sites is 3. The molecule has 0 atom stereocenters. The second-order valence-corrected chi connectivity index (χ2v) is 8.59. The maximum absolute atomic E-state index is 13.4. The highest BCUT2D eigenvalue weighted by Crippen LogP contribution is 2.32. The molecule has 0 unspecified atom stereocenters. The van der Waals surface area contributed by atoms with Gasteiger partial charge in [-0.1, -0.05) is 30.3 Å². The molecule has 0 aliphatic carbocycles. The van der Waals surface area contributed by atoms with Crippen LogP contribution in [0.4, 0.5) is 10.1 Å². The van der Waals surface area contributed by atoms with Gasteiger partial charge in [0.25, 0.3) is 10.0 Å². The number of sulfonamides is 1. The summed E-state index contributed by atoms with van der Waals surface area (Å²) in [6, 6.07) is 18.0. The number of nitrogens with zero attached hydrogens (tertiary/aromatic N) is 1. The second-order valence-electron chi connectivity index (χ2n) is 6.73. The molecule has 0 radical (unpaired) electrons. The Morgan fingerprint density at radius 3 is 2.16 bits per heavy atom. The van der Waals surface area contributed by atoms with E-state index >= 15 is 0 Å². The molecule has 0 aliphatic heterocycles. The lowest BCUT2D eigenvalue weighted by atomic mass is 10.2. The van der Waals surface area contributed by atoms with Crippen LogP contribution < -0.4 is 19.1 Å². The molecule has 1 amide bonds. The third-order valence-electron chi connectivity index (χ3n) is 4.71. The van der Waals surface area contributed by atoms with E-state index in [4.69, 9.17) is 9.47 Å². The molecule has 32 heavy (non-hydrogen) atoms. The van der Waals surface area contributed by atoms with Gasteiger partial charge in [0, 0.05) is 12.1 Å². The van der Waals surface area contributed by atoms with E-state index in [1.165, 1.54) is 20.3 Å². The van der Waals surface area contributed by atoms with Crippen LogP contribution >= 0.6 is 0 Å². The summed E-state index contributed by atoms with van der Waals surface area (Å²) in [6.07, 6.45) is 0. The number of anilines is 1. The Morgan fingerprint density at radius 2 is 1.50 bits per heavy atom. The molecule has 3 aromatic carbocycles. The lowest BCUT2D eigenvalue weighted by Crippen LogP contribution is -2.40. The van der Waals surface area contributed by atoms with Gasteiger partial charge in [0.1, 0.15) is 23.9 Å². The molecule has 0 spiro atoms. The predicted octanol–water partition coefficient (Wildman–Crippen LogP) is 3.35. The van der Waals surface area contributed by atoms with E-state index in [0.29, 0.717) is 5.75 Å². The van der Waals surface area contributed by atoms with Crippen LogP contribution in [0.25, 0.3) is 0 Å². The minimum atomic E-state index is -4.19. The third-order valence-corrected chi connectivity index (χ3v) is 6.49. The van der Waals surface area contributed by atoms with Crippen LogP contribution in [-0.2, 0) is 21.4 Å². The Bertz CT molecular complexity index is 1180. The van der Waals surface area contributed by atoms with Gasteiger partial charge >= 0.3 is 0 Å². The fourth-order valence-electron chi connectivity index (χ4n) is 3.10. The molecule has 0 saturated heterocycles. The molecule has 3 aromatic rings. The molecular weight excluding hydrogens is 435 g/mol. The SMILES string of the molecule is COc1ccccc1CNC(=O)CN(c1ccccc1OC)S(=O)(=O)c1ccc(F)cc1. The molecule has 7 nitrogen and oxygen atoms in total. The standard InChI is InChI=1S/C23H23FN2O5S/c1-30-21-9-5-3-7-17(21)15-25-23(27)16-26(20-8-4-6-10-22(20)31-2)32(28,29)19-13-11-18(24)12-14-19/h3-14H,15-16H2,1-2H3,(H,25,27). The minimum Gasteiger partial charge on any atom is -0.496 e. The number of hydrogen-bond acceptors (Lipinski definition) is 5. The number of ether oxygens (including phenoxy) is 2. The largest absolute Gasteiger partial charge is 0.496 e. The molecule has 3 rings (SSSR count). The molecule has 0 fully saturated rings. The first-order chi connectivity index (χ1) is 15.4. The van der Waals surface area contributed by atoms with Gasteiger partial charge in [-0.2, -0.15) is 0 Å². The average molecular weight is 459 g/mol. The minimum absolute atomic E-state index is 0.151. The third kappa shape index (κ3) is 5.17. The van der Waals surface area contributed by atoms with Crippen molar-refractivity contribution in [2.24, 2.45) is 0 Å². The van der Waals surface area contributed by atoms with Crippen molar-refractivity contribution in [1.29, 1.82) is 0 Å². The van der Waals surface area contributed by atoms with Gasteiger partial charge in [0.2, 0.25) is 5.91 Å². The van der Waals surface area contributed by atoms with E-state index in [0.717, 1.165) is 34.1 Å². The number of carbonyl (C=O) groups excluding carboxylic acids is 1. The lowest BCUT2D eigenvalue weighted by Gasteiger charge is -2.25. The predicted molar refractivity (Wildman–Crippen MR) is 119 cm³/mol. The summed E-state index contributed by atoms with van der Waals surface area (Å²) in [4.78, 5) is 12.6. The van der Waals surface area contributed by atoms with Gasteiger partial charge in [0.15, 0.2) is 0 Å². The van der Waals surface area contributed by atoms with E-state index in [9.17, 15) is 17.6 Å². The number of carbonyl (C=O) groups is 1. The van der Waals surface area contributed by atoms with Crippen LogP contribution in [0.1, 0.15) is 5.56 Å². The average Bonchev–Trinajstić information content (AvgIpc) is 2.81. The number of nitrogens with one attached hydrogen (secondary N) is 1. The maximum atomic E-state index is 13.4. The lowest BCUT2D eigenvalue weighted by molar-refractivity contribution is -0.119. The summed E-state index contributed by atoms with van der Waals surface area (Å²) in [5.41, 5.74) is 0.931. The summed E-state index contributed by atoms with van der Waals surface area (Å²) >= 11 is 0. The Hall–Kier alpha value is -3.59. The Balaban J connectivity index is 1.91. The Labute approximate surface area is 186 Å². The molecule has 1 N–H and O–H groups in total. The monoisotopic (exact) mass is 458 g/mol. The van der Waals surface area contributed by atoms with Crippen LogP contribution in [0.15, 0.2) is 77.7 Å². The highest BCUT2D eigenvalue weighted by Gasteiger charge is 2.29. The summed E-state index contributed by atoms with van der Waals surface area (Å²) in [7, 11) is -1.26. The molecule has 0 saturated carbocycles. The van der Waals surface area contributed by atoms with Gasteiger partial charge in [-0.05, 0) is 42.5 Å². The number of benzene rings is 3. The summed E-state index contributed by atoms with van der Waals surface area (Å²) in [6.45, 7) is -0.353. The van der Waals surface area contributed by atoms with Crippen LogP contribution in [0, 0.1) is 5.82 Å². The summed E-state index contributed by atoms with van der Waals surface area (Å²) in [5, 5.41) is 2.72. The highest BCUT2D eigenvalue weighted by molar-refractivity contribution is 7.92. The van der Waals surface area contributed by atoms with Crippen molar-refractivity contribution in [3.8, 4) is 11.5 Å². The van der Waals surface area contributed by atoms with Gasteiger partial charge in [0.05, 0.1) is 24.8 Å². The van der Waals surface area contributed by atoms with Crippen LogP contribution in [0.3, 0.4) is 0 Å². The van der Waals surface area contributed by atoms with Crippen molar-refractivity contribution in [3.05, 3.63) is 84.2 Å². The number of hydrogen-bond donors (Lipinski definition) is 1. The first-order valence-corrected chi connectivity index (χ1v) is 11.1. The molecule has 0 bridgehead atoms. The Morgan fingerprint density at radius 1 is 0.906 bits per heavy atom. The zero-order valence-corrected chi connectivity index (χ0v) is 18.4. The highest BCUT2D eigenvalue weighted by atomic mass is 32.2. The first kappa shape index (κ1) is 23.1. The van der Waals surface area contributed by atoms with Crippen molar-refractivity contribution < 1.29 is 27.1 Å².